The quantitative estimate of drug-likeness (QED) is 0.667. The van der Waals surface area contributed by atoms with Crippen molar-refractivity contribution in [2.45, 2.75) is 19.8 Å². The van der Waals surface area contributed by atoms with Crippen LogP contribution in [0.5, 0.6) is 0 Å². The molecule has 1 heterocycles. The van der Waals surface area contributed by atoms with Gasteiger partial charge in [0.05, 0.1) is 0 Å². The lowest BCUT2D eigenvalue weighted by atomic mass is 10.0. The third-order valence-electron chi connectivity index (χ3n) is 2.03. The molecule has 1 aliphatic rings. The molecule has 0 unspecified atom stereocenters. The molecule has 1 saturated heterocycles. The van der Waals surface area contributed by atoms with Crippen molar-refractivity contribution >= 4 is 0 Å². The monoisotopic (exact) mass is 155 g/mol. The van der Waals surface area contributed by atoms with E-state index >= 15 is 0 Å². The van der Waals surface area contributed by atoms with Crippen molar-refractivity contribution in [2.24, 2.45) is 5.92 Å². The summed E-state index contributed by atoms with van der Waals surface area (Å²) in [7, 11) is 0. The fourth-order valence-corrected chi connectivity index (χ4v) is 1.27. The second-order valence-electron chi connectivity index (χ2n) is 3.22. The summed E-state index contributed by atoms with van der Waals surface area (Å²) in [5, 5.41) is 3.27. The second kappa shape index (κ2) is 4.39. The van der Waals surface area contributed by atoms with Crippen LogP contribution in [0.4, 0.5) is 0 Å². The van der Waals surface area contributed by atoms with Crippen LogP contribution in [0.25, 0.3) is 0 Å². The summed E-state index contributed by atoms with van der Waals surface area (Å²) >= 11 is 0. The van der Waals surface area contributed by atoms with Gasteiger partial charge in [0.25, 0.3) is 0 Å². The van der Waals surface area contributed by atoms with Crippen molar-refractivity contribution < 1.29 is 4.74 Å². The van der Waals surface area contributed by atoms with Crippen LogP contribution in [0.3, 0.4) is 0 Å². The molecule has 0 aromatic heterocycles. The number of ether oxygens (including phenoxy) is 1. The first-order chi connectivity index (χ1) is 5.29. The van der Waals surface area contributed by atoms with Gasteiger partial charge in [-0.25, -0.2) is 0 Å². The van der Waals surface area contributed by atoms with E-state index in [1.165, 1.54) is 12.8 Å². The maximum Gasteiger partial charge on any atom is 0.0469 e. The van der Waals surface area contributed by atoms with Crippen LogP contribution < -0.4 is 5.32 Å². The third-order valence-corrected chi connectivity index (χ3v) is 2.03. The van der Waals surface area contributed by atoms with Crippen LogP contribution >= 0.6 is 0 Å². The number of rotatable bonds is 3. The van der Waals surface area contributed by atoms with Gasteiger partial charge in [-0.1, -0.05) is 6.58 Å². The zero-order valence-electron chi connectivity index (χ0n) is 7.23. The van der Waals surface area contributed by atoms with E-state index in [4.69, 9.17) is 4.74 Å². The Bertz CT molecular complexity index is 128. The lowest BCUT2D eigenvalue weighted by Crippen LogP contribution is -2.26. The minimum Gasteiger partial charge on any atom is -0.389 e. The lowest BCUT2D eigenvalue weighted by Gasteiger charge is -2.22. The van der Waals surface area contributed by atoms with E-state index in [1.807, 2.05) is 6.92 Å². The Morgan fingerprint density at radius 2 is 2.18 bits per heavy atom. The number of allylic oxidation sites excluding steroid dienone is 1. The molecule has 1 rings (SSSR count). The Morgan fingerprint density at radius 1 is 1.55 bits per heavy atom. The zero-order valence-corrected chi connectivity index (χ0v) is 7.23. The average molecular weight is 155 g/mol. The van der Waals surface area contributed by atoms with Gasteiger partial charge >= 0.3 is 0 Å². The SMILES string of the molecule is C=C(C)NCC1CCOCC1. The summed E-state index contributed by atoms with van der Waals surface area (Å²) in [4.78, 5) is 0. The van der Waals surface area contributed by atoms with Crippen molar-refractivity contribution in [3.05, 3.63) is 12.3 Å². The average Bonchev–Trinajstić information content (AvgIpc) is 2.03. The number of hydrogen-bond donors (Lipinski definition) is 1. The molecular weight excluding hydrogens is 138 g/mol. The number of nitrogens with one attached hydrogen (secondary N) is 1. The van der Waals surface area contributed by atoms with Crippen LogP contribution in [0.2, 0.25) is 0 Å². The van der Waals surface area contributed by atoms with Gasteiger partial charge in [-0.3, -0.25) is 0 Å². The Morgan fingerprint density at radius 3 is 2.73 bits per heavy atom. The molecule has 0 atom stereocenters. The van der Waals surface area contributed by atoms with Crippen LogP contribution in [0, 0.1) is 5.92 Å². The molecule has 1 aliphatic heterocycles. The molecule has 0 spiro atoms. The molecule has 0 aliphatic carbocycles. The molecule has 11 heavy (non-hydrogen) atoms. The first-order valence-electron chi connectivity index (χ1n) is 4.26. The van der Waals surface area contributed by atoms with Gasteiger partial charge in [0.15, 0.2) is 0 Å². The van der Waals surface area contributed by atoms with Crippen molar-refractivity contribution in [1.29, 1.82) is 0 Å². The first kappa shape index (κ1) is 8.60. The van der Waals surface area contributed by atoms with E-state index in [-0.39, 0.29) is 0 Å². The van der Waals surface area contributed by atoms with Gasteiger partial charge in [0.2, 0.25) is 0 Å². The molecule has 0 radical (unpaired) electrons. The molecule has 2 heteroatoms. The fraction of sp³-hybridized carbons (Fsp3) is 0.778. The molecule has 0 aromatic carbocycles. The molecule has 0 amide bonds. The standard InChI is InChI=1S/C9H17NO/c1-8(2)10-7-9-3-5-11-6-4-9/h9-10H,1,3-7H2,2H3. The van der Waals surface area contributed by atoms with Gasteiger partial charge in [0.1, 0.15) is 0 Å². The van der Waals surface area contributed by atoms with E-state index in [2.05, 4.69) is 11.9 Å². The molecule has 1 fully saturated rings. The Balaban J connectivity index is 2.09. The molecule has 1 N–H and O–H groups in total. The van der Waals surface area contributed by atoms with E-state index in [9.17, 15) is 0 Å². The minimum absolute atomic E-state index is 0.792. The molecular formula is C9H17NO. The predicted octanol–water partition coefficient (Wildman–Crippen LogP) is 1.54. The zero-order chi connectivity index (χ0) is 8.10. The lowest BCUT2D eigenvalue weighted by molar-refractivity contribution is 0.0670. The van der Waals surface area contributed by atoms with E-state index in [0.29, 0.717) is 0 Å². The predicted molar refractivity (Wildman–Crippen MR) is 46.4 cm³/mol. The van der Waals surface area contributed by atoms with Gasteiger partial charge in [-0.05, 0) is 25.7 Å². The van der Waals surface area contributed by atoms with E-state index < -0.39 is 0 Å². The maximum absolute atomic E-state index is 5.26. The Hall–Kier alpha value is -0.500. The minimum atomic E-state index is 0.792. The van der Waals surface area contributed by atoms with Gasteiger partial charge in [0, 0.05) is 25.5 Å². The summed E-state index contributed by atoms with van der Waals surface area (Å²) in [5.41, 5.74) is 1.07. The Labute approximate surface area is 68.6 Å². The largest absolute Gasteiger partial charge is 0.389 e. The second-order valence-corrected chi connectivity index (χ2v) is 3.22. The van der Waals surface area contributed by atoms with Crippen LogP contribution in [-0.4, -0.2) is 19.8 Å². The maximum atomic E-state index is 5.26. The molecule has 0 saturated carbocycles. The first-order valence-corrected chi connectivity index (χ1v) is 4.26. The van der Waals surface area contributed by atoms with Crippen molar-refractivity contribution in [3.63, 3.8) is 0 Å². The van der Waals surface area contributed by atoms with Gasteiger partial charge in [-0.15, -0.1) is 0 Å². The van der Waals surface area contributed by atoms with E-state index in [1.54, 1.807) is 0 Å². The summed E-state index contributed by atoms with van der Waals surface area (Å²) in [5.74, 6) is 0.792. The summed E-state index contributed by atoms with van der Waals surface area (Å²) in [6.07, 6.45) is 2.39. The third kappa shape index (κ3) is 3.42. The highest BCUT2D eigenvalue weighted by Crippen LogP contribution is 2.13. The fourth-order valence-electron chi connectivity index (χ4n) is 1.27. The summed E-state index contributed by atoms with van der Waals surface area (Å²) in [6.45, 7) is 8.73. The van der Waals surface area contributed by atoms with Crippen molar-refractivity contribution in [3.8, 4) is 0 Å². The van der Waals surface area contributed by atoms with Crippen LogP contribution in [0.1, 0.15) is 19.8 Å². The van der Waals surface area contributed by atoms with Gasteiger partial charge < -0.3 is 10.1 Å². The van der Waals surface area contributed by atoms with Gasteiger partial charge in [-0.2, -0.15) is 0 Å². The Kier molecular flexibility index (Phi) is 3.43. The smallest absolute Gasteiger partial charge is 0.0469 e. The molecule has 0 aromatic rings. The van der Waals surface area contributed by atoms with Crippen LogP contribution in [0.15, 0.2) is 12.3 Å². The van der Waals surface area contributed by atoms with Crippen LogP contribution in [-0.2, 0) is 4.74 Å². The van der Waals surface area contributed by atoms with E-state index in [0.717, 1.165) is 31.4 Å². The normalized spacial score (nSPS) is 19.7. The topological polar surface area (TPSA) is 21.3 Å². The number of hydrogen-bond acceptors (Lipinski definition) is 2. The molecule has 64 valence electrons. The molecule has 0 bridgehead atoms. The molecule has 2 nitrogen and oxygen atoms in total. The van der Waals surface area contributed by atoms with Crippen molar-refractivity contribution in [1.82, 2.24) is 5.32 Å². The van der Waals surface area contributed by atoms with Crippen molar-refractivity contribution in [2.75, 3.05) is 19.8 Å². The summed E-state index contributed by atoms with van der Waals surface area (Å²) in [6, 6.07) is 0. The highest BCUT2D eigenvalue weighted by atomic mass is 16.5. The highest BCUT2D eigenvalue weighted by molar-refractivity contribution is 4.85. The summed E-state index contributed by atoms with van der Waals surface area (Å²) < 4.78 is 5.26. The highest BCUT2D eigenvalue weighted by Gasteiger charge is 2.12.